The summed E-state index contributed by atoms with van der Waals surface area (Å²) in [6.45, 7) is 0.673. The van der Waals surface area contributed by atoms with Gasteiger partial charge in [-0.2, -0.15) is 0 Å². The minimum absolute atomic E-state index is 0.0524. The van der Waals surface area contributed by atoms with Crippen molar-refractivity contribution in [3.63, 3.8) is 0 Å². The average molecular weight is 236 g/mol. The first-order valence-corrected chi connectivity index (χ1v) is 6.09. The molecule has 0 radical (unpaired) electrons. The number of carbonyl (C=O) groups is 1. The number of esters is 1. The maximum atomic E-state index is 11.5. The Morgan fingerprint density at radius 2 is 2.29 bits per heavy atom. The third-order valence-corrected chi connectivity index (χ3v) is 3.98. The number of methoxy groups -OCH3 is 1. The lowest BCUT2D eigenvalue weighted by atomic mass is 9.87. The van der Waals surface area contributed by atoms with Crippen LogP contribution in [0.4, 0.5) is 0 Å². The molecule has 1 saturated carbocycles. The van der Waals surface area contributed by atoms with Crippen molar-refractivity contribution in [2.45, 2.75) is 37.3 Å². The second kappa shape index (κ2) is 3.91. The highest BCUT2D eigenvalue weighted by Gasteiger charge is 2.52. The van der Waals surface area contributed by atoms with Gasteiger partial charge in [-0.15, -0.1) is 0 Å². The van der Waals surface area contributed by atoms with Crippen molar-refractivity contribution in [2.24, 2.45) is 15.9 Å². The van der Waals surface area contributed by atoms with Crippen LogP contribution in [0, 0.1) is 5.92 Å². The molecule has 5 nitrogen and oxygen atoms in total. The third-order valence-electron chi connectivity index (χ3n) is 3.98. The molecule has 2 atom stereocenters. The van der Waals surface area contributed by atoms with Crippen molar-refractivity contribution in [3.8, 4) is 0 Å². The van der Waals surface area contributed by atoms with Gasteiger partial charge in [-0.25, -0.2) is 9.79 Å². The number of aliphatic imine (C=N–C) groups is 2. The molecule has 0 bridgehead atoms. The zero-order valence-corrected chi connectivity index (χ0v) is 9.89. The molecule has 2 fully saturated rings. The van der Waals surface area contributed by atoms with Crippen LogP contribution in [0.25, 0.3) is 0 Å². The van der Waals surface area contributed by atoms with Crippen LogP contribution < -0.4 is 0 Å². The number of hydrogen-bond acceptors (Lipinski definition) is 5. The number of amidine groups is 1. The Bertz CT molecular complexity index is 397. The molecule has 1 spiro atoms. The third kappa shape index (κ3) is 1.60. The largest absolute Gasteiger partial charge is 0.463 e. The molecule has 1 saturated heterocycles. The summed E-state index contributed by atoms with van der Waals surface area (Å²) in [4.78, 5) is 20.0. The van der Waals surface area contributed by atoms with Gasteiger partial charge < -0.3 is 9.47 Å². The van der Waals surface area contributed by atoms with Crippen molar-refractivity contribution in [3.05, 3.63) is 0 Å². The highest BCUT2D eigenvalue weighted by atomic mass is 16.5. The fourth-order valence-corrected chi connectivity index (χ4v) is 3.11. The zero-order chi connectivity index (χ0) is 11.9. The fourth-order valence-electron chi connectivity index (χ4n) is 3.11. The van der Waals surface area contributed by atoms with Crippen molar-refractivity contribution >= 4 is 18.0 Å². The second-order valence-corrected chi connectivity index (χ2v) is 4.91. The van der Waals surface area contributed by atoms with Crippen LogP contribution in [0.15, 0.2) is 9.98 Å². The molecular weight excluding hydrogens is 220 g/mol. The highest BCUT2D eigenvalue weighted by Crippen LogP contribution is 2.45. The summed E-state index contributed by atoms with van der Waals surface area (Å²) in [7, 11) is 1.35. The lowest BCUT2D eigenvalue weighted by Gasteiger charge is -2.29. The number of rotatable bonds is 1. The molecule has 0 aromatic heterocycles. The van der Waals surface area contributed by atoms with Crippen LogP contribution in [0.3, 0.4) is 0 Å². The van der Waals surface area contributed by atoms with Crippen LogP contribution in [-0.2, 0) is 14.3 Å². The monoisotopic (exact) mass is 236 g/mol. The van der Waals surface area contributed by atoms with Gasteiger partial charge >= 0.3 is 5.97 Å². The number of hydrogen-bond donors (Lipinski definition) is 0. The molecule has 2 unspecified atom stereocenters. The van der Waals surface area contributed by atoms with E-state index in [1.807, 2.05) is 0 Å². The Hall–Kier alpha value is -1.23. The number of carbonyl (C=O) groups excluding carboxylic acids is 1. The predicted octanol–water partition coefficient (Wildman–Crippen LogP) is 0.970. The van der Waals surface area contributed by atoms with Crippen molar-refractivity contribution in [1.82, 2.24) is 0 Å². The van der Waals surface area contributed by atoms with E-state index in [0.717, 1.165) is 12.8 Å². The van der Waals surface area contributed by atoms with Gasteiger partial charge in [0.05, 0.1) is 25.4 Å². The SMILES string of the molecule is COC(=O)C1=NC2C(C=N1)COC21CCCC1. The number of ether oxygens (including phenoxy) is 2. The van der Waals surface area contributed by atoms with E-state index >= 15 is 0 Å². The van der Waals surface area contributed by atoms with E-state index in [0.29, 0.717) is 6.61 Å². The van der Waals surface area contributed by atoms with Crippen molar-refractivity contribution in [1.29, 1.82) is 0 Å². The molecule has 3 aliphatic rings. The Morgan fingerprint density at radius 3 is 3.00 bits per heavy atom. The quantitative estimate of drug-likeness (QED) is 0.637. The molecular formula is C12H16N2O3. The molecule has 1 aliphatic carbocycles. The Balaban J connectivity index is 1.89. The summed E-state index contributed by atoms with van der Waals surface area (Å²) in [5.74, 6) is -0.0493. The average Bonchev–Trinajstić information content (AvgIpc) is 2.98. The van der Waals surface area contributed by atoms with Crippen molar-refractivity contribution < 1.29 is 14.3 Å². The Labute approximate surface area is 99.9 Å². The van der Waals surface area contributed by atoms with Crippen LogP contribution in [0.1, 0.15) is 25.7 Å². The van der Waals surface area contributed by atoms with E-state index in [4.69, 9.17) is 4.74 Å². The lowest BCUT2D eigenvalue weighted by molar-refractivity contribution is -0.132. The van der Waals surface area contributed by atoms with Gasteiger partial charge in [-0.1, -0.05) is 12.8 Å². The normalized spacial score (nSPS) is 33.6. The molecule has 3 rings (SSSR count). The zero-order valence-electron chi connectivity index (χ0n) is 9.89. The molecule has 0 N–H and O–H groups in total. The molecule has 17 heavy (non-hydrogen) atoms. The summed E-state index contributed by atoms with van der Waals surface area (Å²) in [5.41, 5.74) is -0.142. The first-order chi connectivity index (χ1) is 8.25. The lowest BCUT2D eigenvalue weighted by Crippen LogP contribution is -2.40. The van der Waals surface area contributed by atoms with Gasteiger partial charge in [-0.05, 0) is 12.8 Å². The van der Waals surface area contributed by atoms with Gasteiger partial charge in [0.25, 0.3) is 0 Å². The standard InChI is InChI=1S/C12H16N2O3/c1-16-11(15)10-13-6-8-7-17-12(9(8)14-10)4-2-3-5-12/h6,8-9H,2-5,7H2,1H3. The summed E-state index contributed by atoms with van der Waals surface area (Å²) in [5, 5.41) is 0. The first kappa shape index (κ1) is 10.9. The van der Waals surface area contributed by atoms with E-state index in [1.165, 1.54) is 20.0 Å². The smallest absolute Gasteiger partial charge is 0.375 e. The summed E-state index contributed by atoms with van der Waals surface area (Å²) in [6.07, 6.45) is 6.25. The van der Waals surface area contributed by atoms with Crippen LogP contribution in [-0.4, -0.2) is 43.4 Å². The highest BCUT2D eigenvalue weighted by molar-refractivity contribution is 6.37. The molecule has 0 aromatic rings. The van der Waals surface area contributed by atoms with Crippen LogP contribution in [0.2, 0.25) is 0 Å². The van der Waals surface area contributed by atoms with Crippen LogP contribution in [0.5, 0.6) is 0 Å². The van der Waals surface area contributed by atoms with E-state index in [-0.39, 0.29) is 23.4 Å². The Kier molecular flexibility index (Phi) is 2.50. The summed E-state index contributed by atoms with van der Waals surface area (Å²) >= 11 is 0. The van der Waals surface area contributed by atoms with Gasteiger partial charge in [0.15, 0.2) is 0 Å². The molecule has 5 heteroatoms. The number of fused-ring (bicyclic) bond motifs is 2. The van der Waals surface area contributed by atoms with Gasteiger partial charge in [0, 0.05) is 12.1 Å². The van der Waals surface area contributed by atoms with Crippen molar-refractivity contribution in [2.75, 3.05) is 13.7 Å². The fraction of sp³-hybridized carbons (Fsp3) is 0.750. The predicted molar refractivity (Wildman–Crippen MR) is 62.4 cm³/mol. The summed E-state index contributed by atoms with van der Waals surface area (Å²) in [6, 6.07) is 0.0524. The summed E-state index contributed by atoms with van der Waals surface area (Å²) < 4.78 is 10.6. The molecule has 2 aliphatic heterocycles. The molecule has 0 aromatic carbocycles. The minimum Gasteiger partial charge on any atom is -0.463 e. The molecule has 92 valence electrons. The van der Waals surface area contributed by atoms with Gasteiger partial charge in [0.1, 0.15) is 0 Å². The first-order valence-electron chi connectivity index (χ1n) is 6.09. The maximum absolute atomic E-state index is 11.5. The Morgan fingerprint density at radius 1 is 1.53 bits per heavy atom. The maximum Gasteiger partial charge on any atom is 0.375 e. The van der Waals surface area contributed by atoms with E-state index in [2.05, 4.69) is 14.7 Å². The molecule has 0 amide bonds. The van der Waals surface area contributed by atoms with E-state index < -0.39 is 5.97 Å². The topological polar surface area (TPSA) is 60.2 Å². The van der Waals surface area contributed by atoms with Crippen LogP contribution >= 0.6 is 0 Å². The second-order valence-electron chi connectivity index (χ2n) is 4.91. The molecule has 2 heterocycles. The van der Waals surface area contributed by atoms with Gasteiger partial charge in [-0.3, -0.25) is 4.99 Å². The van der Waals surface area contributed by atoms with E-state index in [9.17, 15) is 4.79 Å². The minimum atomic E-state index is -0.459. The number of nitrogens with zero attached hydrogens (tertiary/aromatic N) is 2. The van der Waals surface area contributed by atoms with Gasteiger partial charge in [0.2, 0.25) is 5.84 Å². The van der Waals surface area contributed by atoms with E-state index in [1.54, 1.807) is 6.21 Å².